The van der Waals surface area contributed by atoms with Crippen LogP contribution in [0.3, 0.4) is 0 Å². The van der Waals surface area contributed by atoms with E-state index in [1.165, 1.54) is 16.4 Å². The van der Waals surface area contributed by atoms with E-state index in [1.807, 2.05) is 0 Å². The molecule has 0 saturated heterocycles. The average molecular weight is 183 g/mol. The molecule has 0 radical (unpaired) electrons. The lowest BCUT2D eigenvalue weighted by atomic mass is 9.71. The van der Waals surface area contributed by atoms with Crippen molar-refractivity contribution in [2.75, 3.05) is 13.2 Å². The van der Waals surface area contributed by atoms with Crippen LogP contribution < -0.4 is 16.4 Å². The minimum Gasteiger partial charge on any atom is -0.476 e. The lowest BCUT2D eigenvalue weighted by molar-refractivity contribution is 0.348. The van der Waals surface area contributed by atoms with E-state index in [9.17, 15) is 0 Å². The fourth-order valence-corrected chi connectivity index (χ4v) is 1.67. The van der Waals surface area contributed by atoms with Crippen molar-refractivity contribution in [1.29, 1.82) is 0 Å². The summed E-state index contributed by atoms with van der Waals surface area (Å²) in [5, 5.41) is 0. The minimum absolute atomic E-state index is 0.724. The average Bonchev–Trinajstić information content (AvgIpc) is 2.66. The van der Waals surface area contributed by atoms with E-state index in [2.05, 4.69) is 40.7 Å². The first-order valence-electron chi connectivity index (χ1n) is 4.94. The van der Waals surface area contributed by atoms with E-state index in [0.29, 0.717) is 0 Å². The van der Waals surface area contributed by atoms with Gasteiger partial charge in [-0.15, -0.1) is 5.46 Å². The maximum Gasteiger partial charge on any atom is 0.216 e. The molecule has 0 spiro atoms. The highest BCUT2D eigenvalue weighted by Gasteiger charge is 2.11. The molecule has 0 N–H and O–H groups in total. The van der Waals surface area contributed by atoms with Gasteiger partial charge in [0.1, 0.15) is 30.1 Å². The van der Waals surface area contributed by atoms with Crippen molar-refractivity contribution in [2.45, 2.75) is 0 Å². The van der Waals surface area contributed by atoms with Crippen LogP contribution in [0.2, 0.25) is 0 Å². The van der Waals surface area contributed by atoms with Crippen LogP contribution in [0, 0.1) is 0 Å². The first-order chi connectivity index (χ1) is 6.68. The number of aliphatic imine (C=N–C) groups is 1. The molecular formula is C9H12B3NO. The molecule has 5 heteroatoms. The summed E-state index contributed by atoms with van der Waals surface area (Å²) >= 11 is 0. The standard InChI is InChI=1S/C9H12B3NO/c10-6-3-5(4-7(11)8(6)12)9-13-1-2-14-9/h3-4H,1-2,10-12H2. The highest BCUT2D eigenvalue weighted by Crippen LogP contribution is 2.03. The van der Waals surface area contributed by atoms with E-state index >= 15 is 0 Å². The van der Waals surface area contributed by atoms with Gasteiger partial charge >= 0.3 is 0 Å². The fraction of sp³-hybridized carbons (Fsp3) is 0.222. The SMILES string of the molecule is Bc1cc(C2=NCCO2)cc(B)c1B. The summed E-state index contributed by atoms with van der Waals surface area (Å²) in [6.07, 6.45) is 0. The zero-order valence-corrected chi connectivity index (χ0v) is 8.92. The number of rotatable bonds is 1. The predicted octanol–water partition coefficient (Wildman–Crippen LogP) is -3.76. The second-order valence-electron chi connectivity index (χ2n) is 3.77. The van der Waals surface area contributed by atoms with Crippen molar-refractivity contribution in [3.8, 4) is 0 Å². The van der Waals surface area contributed by atoms with Crippen molar-refractivity contribution in [1.82, 2.24) is 0 Å². The fourth-order valence-electron chi connectivity index (χ4n) is 1.67. The lowest BCUT2D eigenvalue weighted by Crippen LogP contribution is -2.39. The molecule has 0 unspecified atom stereocenters. The first-order valence-corrected chi connectivity index (χ1v) is 4.94. The highest BCUT2D eigenvalue weighted by atomic mass is 16.5. The summed E-state index contributed by atoms with van der Waals surface area (Å²) in [4.78, 5) is 4.31. The van der Waals surface area contributed by atoms with Crippen molar-refractivity contribution in [3.05, 3.63) is 17.7 Å². The van der Waals surface area contributed by atoms with E-state index in [4.69, 9.17) is 4.74 Å². The molecule has 2 rings (SSSR count). The summed E-state index contributed by atoms with van der Waals surface area (Å²) in [7, 11) is 6.40. The Balaban J connectivity index is 2.45. The number of hydrogen-bond acceptors (Lipinski definition) is 2. The van der Waals surface area contributed by atoms with Crippen LogP contribution in [0.1, 0.15) is 5.56 Å². The second kappa shape index (κ2) is 3.56. The van der Waals surface area contributed by atoms with Gasteiger partial charge < -0.3 is 4.74 Å². The Morgan fingerprint density at radius 3 is 2.29 bits per heavy atom. The molecular weight excluding hydrogens is 171 g/mol. The van der Waals surface area contributed by atoms with Gasteiger partial charge in [-0.25, -0.2) is 4.99 Å². The zero-order chi connectivity index (χ0) is 10.1. The molecule has 1 aliphatic rings. The summed E-state index contributed by atoms with van der Waals surface area (Å²) in [5.74, 6) is 0.802. The number of ether oxygens (including phenoxy) is 1. The van der Waals surface area contributed by atoms with Gasteiger partial charge in [0.15, 0.2) is 0 Å². The molecule has 1 aromatic carbocycles. The van der Waals surface area contributed by atoms with Crippen molar-refractivity contribution >= 4 is 45.8 Å². The molecule has 1 aliphatic heterocycles. The van der Waals surface area contributed by atoms with Crippen LogP contribution in [-0.4, -0.2) is 42.6 Å². The molecule has 68 valence electrons. The molecule has 1 heterocycles. The Hall–Kier alpha value is -1.12. The van der Waals surface area contributed by atoms with Crippen LogP contribution in [0.4, 0.5) is 0 Å². The third kappa shape index (κ3) is 1.59. The topological polar surface area (TPSA) is 21.6 Å². The van der Waals surface area contributed by atoms with Gasteiger partial charge in [-0.05, 0) is 0 Å². The van der Waals surface area contributed by atoms with Crippen LogP contribution in [0.25, 0.3) is 0 Å². The Labute approximate surface area is 87.0 Å². The smallest absolute Gasteiger partial charge is 0.216 e. The van der Waals surface area contributed by atoms with Crippen molar-refractivity contribution in [2.24, 2.45) is 4.99 Å². The largest absolute Gasteiger partial charge is 0.476 e. The Bertz CT molecular complexity index is 380. The van der Waals surface area contributed by atoms with Gasteiger partial charge in [0.05, 0.1) is 6.54 Å². The van der Waals surface area contributed by atoms with Crippen molar-refractivity contribution in [3.63, 3.8) is 0 Å². The number of hydrogen-bond donors (Lipinski definition) is 0. The van der Waals surface area contributed by atoms with Gasteiger partial charge in [0, 0.05) is 5.56 Å². The summed E-state index contributed by atoms with van der Waals surface area (Å²) in [6.45, 7) is 1.52. The molecule has 14 heavy (non-hydrogen) atoms. The molecule has 0 saturated carbocycles. The summed E-state index contributed by atoms with van der Waals surface area (Å²) in [5.41, 5.74) is 5.08. The van der Waals surface area contributed by atoms with Crippen molar-refractivity contribution < 1.29 is 4.74 Å². The zero-order valence-electron chi connectivity index (χ0n) is 8.92. The number of nitrogens with zero attached hydrogens (tertiary/aromatic N) is 1. The van der Waals surface area contributed by atoms with Crippen LogP contribution in [0.15, 0.2) is 17.1 Å². The highest BCUT2D eigenvalue weighted by molar-refractivity contribution is 6.57. The van der Waals surface area contributed by atoms with E-state index < -0.39 is 0 Å². The van der Waals surface area contributed by atoms with Crippen LogP contribution >= 0.6 is 0 Å². The maximum absolute atomic E-state index is 5.44. The lowest BCUT2D eigenvalue weighted by Gasteiger charge is -2.09. The van der Waals surface area contributed by atoms with E-state index in [1.54, 1.807) is 0 Å². The third-order valence-corrected chi connectivity index (χ3v) is 2.76. The van der Waals surface area contributed by atoms with Gasteiger partial charge in [-0.2, -0.15) is 0 Å². The van der Waals surface area contributed by atoms with Gasteiger partial charge in [0.25, 0.3) is 0 Å². The molecule has 0 aliphatic carbocycles. The molecule has 0 amide bonds. The Kier molecular flexibility index (Phi) is 2.40. The molecule has 0 fully saturated rings. The second-order valence-corrected chi connectivity index (χ2v) is 3.77. The van der Waals surface area contributed by atoms with Gasteiger partial charge in [0.2, 0.25) is 5.90 Å². The first kappa shape index (κ1) is 9.44. The molecule has 1 aromatic rings. The summed E-state index contributed by atoms with van der Waals surface area (Å²) in [6, 6.07) is 4.29. The Morgan fingerprint density at radius 2 is 1.79 bits per heavy atom. The molecule has 0 aromatic heterocycles. The molecule has 0 atom stereocenters. The monoisotopic (exact) mass is 183 g/mol. The molecule has 0 bridgehead atoms. The number of benzene rings is 1. The van der Waals surface area contributed by atoms with Crippen LogP contribution in [-0.2, 0) is 4.74 Å². The van der Waals surface area contributed by atoms with Gasteiger partial charge in [-0.3, -0.25) is 0 Å². The molecule has 2 nitrogen and oxygen atoms in total. The summed E-state index contributed by atoms with van der Waals surface area (Å²) < 4.78 is 5.44. The van der Waals surface area contributed by atoms with Gasteiger partial charge in [-0.1, -0.05) is 23.1 Å². The third-order valence-electron chi connectivity index (χ3n) is 2.76. The van der Waals surface area contributed by atoms with Crippen LogP contribution in [0.5, 0.6) is 0 Å². The minimum atomic E-state index is 0.724. The van der Waals surface area contributed by atoms with E-state index in [0.717, 1.165) is 24.6 Å². The van der Waals surface area contributed by atoms with E-state index in [-0.39, 0.29) is 0 Å². The Morgan fingerprint density at radius 1 is 1.14 bits per heavy atom. The predicted molar refractivity (Wildman–Crippen MR) is 68.3 cm³/mol. The quantitative estimate of drug-likeness (QED) is 0.409. The maximum atomic E-state index is 5.44. The normalized spacial score (nSPS) is 15.0.